The Labute approximate surface area is 178 Å². The molecule has 0 saturated carbocycles. The molecule has 2 N–H and O–H groups in total. The zero-order valence-corrected chi connectivity index (χ0v) is 17.8. The molecule has 4 heteroatoms. The van der Waals surface area contributed by atoms with Crippen molar-refractivity contribution in [3.05, 3.63) is 94.7 Å². The molecule has 0 amide bonds. The smallest absolute Gasteiger partial charge is 0.137 e. The average molecular weight is 404 g/mol. The molecule has 0 radical (unpaired) electrons. The number of allylic oxidation sites excluding steroid dienone is 1. The maximum absolute atomic E-state index is 6.11. The zero-order chi connectivity index (χ0) is 20.8. The van der Waals surface area contributed by atoms with Crippen LogP contribution >= 0.6 is 11.6 Å². The molecule has 0 aliphatic heterocycles. The van der Waals surface area contributed by atoms with Gasteiger partial charge in [-0.2, -0.15) is 0 Å². The summed E-state index contributed by atoms with van der Waals surface area (Å²) in [6.45, 7) is 10.5. The van der Waals surface area contributed by atoms with Crippen LogP contribution in [-0.4, -0.2) is 4.98 Å². The number of hydrogen-bond acceptors (Lipinski definition) is 3. The third-order valence-corrected chi connectivity index (χ3v) is 5.00. The van der Waals surface area contributed by atoms with E-state index in [1.165, 1.54) is 5.56 Å². The van der Waals surface area contributed by atoms with Crippen LogP contribution in [0.25, 0.3) is 11.8 Å². The Kier molecular flexibility index (Phi) is 6.73. The lowest BCUT2D eigenvalue weighted by molar-refractivity contribution is 1.14. The van der Waals surface area contributed by atoms with Crippen molar-refractivity contribution in [2.75, 3.05) is 10.6 Å². The SMILES string of the molecule is C=C(Nc1cccc(CC)c1)c1cnc(Nc2cccc(Cl)c2)c(/C=C\C)c1C. The highest BCUT2D eigenvalue weighted by Crippen LogP contribution is 2.29. The first-order chi connectivity index (χ1) is 14.0. The molecule has 1 heterocycles. The van der Waals surface area contributed by atoms with Gasteiger partial charge in [0.15, 0.2) is 0 Å². The fourth-order valence-electron chi connectivity index (χ4n) is 3.21. The number of nitrogens with one attached hydrogen (secondary N) is 2. The molecule has 3 rings (SSSR count). The van der Waals surface area contributed by atoms with Crippen molar-refractivity contribution in [2.24, 2.45) is 0 Å². The number of aromatic nitrogens is 1. The van der Waals surface area contributed by atoms with Gasteiger partial charge in [-0.05, 0) is 61.7 Å². The highest BCUT2D eigenvalue weighted by Gasteiger charge is 2.12. The second kappa shape index (κ2) is 9.44. The van der Waals surface area contributed by atoms with Crippen LogP contribution in [0.15, 0.2) is 67.4 Å². The Balaban J connectivity index is 1.91. The van der Waals surface area contributed by atoms with Crippen molar-refractivity contribution in [1.29, 1.82) is 0 Å². The lowest BCUT2D eigenvalue weighted by Gasteiger charge is -2.17. The van der Waals surface area contributed by atoms with Crippen molar-refractivity contribution < 1.29 is 0 Å². The molecule has 3 aromatic rings. The van der Waals surface area contributed by atoms with E-state index in [0.717, 1.165) is 46.0 Å². The summed E-state index contributed by atoms with van der Waals surface area (Å²) in [5, 5.41) is 7.48. The number of aryl methyl sites for hydroxylation is 1. The Hall–Kier alpha value is -3.04. The van der Waals surface area contributed by atoms with Gasteiger partial charge in [-0.25, -0.2) is 4.98 Å². The largest absolute Gasteiger partial charge is 0.355 e. The first-order valence-electron chi connectivity index (χ1n) is 9.72. The molecule has 0 bridgehead atoms. The van der Waals surface area contributed by atoms with E-state index in [1.807, 2.05) is 43.5 Å². The summed E-state index contributed by atoms with van der Waals surface area (Å²) in [6.07, 6.45) is 6.92. The van der Waals surface area contributed by atoms with E-state index in [4.69, 9.17) is 11.6 Å². The van der Waals surface area contributed by atoms with Gasteiger partial charge in [0.1, 0.15) is 5.82 Å². The lowest BCUT2D eigenvalue weighted by Crippen LogP contribution is -2.05. The Morgan fingerprint density at radius 3 is 2.62 bits per heavy atom. The molecular weight excluding hydrogens is 378 g/mol. The van der Waals surface area contributed by atoms with Crippen LogP contribution in [0.3, 0.4) is 0 Å². The van der Waals surface area contributed by atoms with Crippen molar-refractivity contribution in [3.8, 4) is 0 Å². The summed E-state index contributed by atoms with van der Waals surface area (Å²) in [5.74, 6) is 0.785. The molecule has 0 atom stereocenters. The number of nitrogens with zero attached hydrogens (tertiary/aromatic N) is 1. The van der Waals surface area contributed by atoms with Gasteiger partial charge in [0.25, 0.3) is 0 Å². The van der Waals surface area contributed by atoms with E-state index in [-0.39, 0.29) is 0 Å². The number of pyridine rings is 1. The maximum atomic E-state index is 6.11. The fourth-order valence-corrected chi connectivity index (χ4v) is 3.40. The number of hydrogen-bond donors (Lipinski definition) is 2. The third-order valence-electron chi connectivity index (χ3n) is 4.76. The van der Waals surface area contributed by atoms with Crippen molar-refractivity contribution in [1.82, 2.24) is 4.98 Å². The maximum Gasteiger partial charge on any atom is 0.137 e. The molecule has 2 aromatic carbocycles. The van der Waals surface area contributed by atoms with Gasteiger partial charge in [-0.3, -0.25) is 0 Å². The van der Waals surface area contributed by atoms with E-state index >= 15 is 0 Å². The van der Waals surface area contributed by atoms with Gasteiger partial charge in [-0.1, -0.05) is 55.5 Å². The quantitative estimate of drug-likeness (QED) is 0.429. The molecule has 0 unspecified atom stereocenters. The van der Waals surface area contributed by atoms with Crippen LogP contribution in [0.4, 0.5) is 17.2 Å². The minimum atomic E-state index is 0.683. The molecule has 148 valence electrons. The molecule has 1 aromatic heterocycles. The zero-order valence-electron chi connectivity index (χ0n) is 17.1. The highest BCUT2D eigenvalue weighted by molar-refractivity contribution is 6.30. The first kappa shape index (κ1) is 20.7. The molecule has 29 heavy (non-hydrogen) atoms. The van der Waals surface area contributed by atoms with Crippen LogP contribution in [0.5, 0.6) is 0 Å². The van der Waals surface area contributed by atoms with Crippen LogP contribution in [0, 0.1) is 6.92 Å². The summed E-state index contributed by atoms with van der Waals surface area (Å²) < 4.78 is 0. The number of anilines is 3. The van der Waals surface area contributed by atoms with E-state index < -0.39 is 0 Å². The van der Waals surface area contributed by atoms with Crippen LogP contribution in [0.2, 0.25) is 5.02 Å². The standard InChI is InChI=1S/C25H26ClN3/c1-5-9-23-17(3)24(18(4)28-21-12-7-10-19(6-2)14-21)16-27-25(23)29-22-13-8-11-20(26)15-22/h5,7-16,28H,4,6H2,1-3H3,(H,27,29)/b9-5-. The molecule has 3 nitrogen and oxygen atoms in total. The van der Waals surface area contributed by atoms with Crippen molar-refractivity contribution in [3.63, 3.8) is 0 Å². The monoisotopic (exact) mass is 403 g/mol. The lowest BCUT2D eigenvalue weighted by atomic mass is 10.0. The fraction of sp³-hybridized carbons (Fsp3) is 0.160. The van der Waals surface area contributed by atoms with E-state index in [1.54, 1.807) is 0 Å². The average Bonchev–Trinajstić information content (AvgIpc) is 2.71. The number of halogens is 1. The predicted octanol–water partition coefficient (Wildman–Crippen LogP) is 7.47. The second-order valence-electron chi connectivity index (χ2n) is 6.85. The molecule has 0 fully saturated rings. The molecule has 0 aliphatic carbocycles. The van der Waals surface area contributed by atoms with Crippen LogP contribution in [-0.2, 0) is 6.42 Å². The molecule has 0 aliphatic rings. The Bertz CT molecular complexity index is 1050. The van der Waals surface area contributed by atoms with Gasteiger partial charge < -0.3 is 10.6 Å². The van der Waals surface area contributed by atoms with Crippen molar-refractivity contribution >= 4 is 40.6 Å². The van der Waals surface area contributed by atoms with Gasteiger partial charge in [0.05, 0.1) is 0 Å². The first-order valence-corrected chi connectivity index (χ1v) is 10.1. The highest BCUT2D eigenvalue weighted by atomic mass is 35.5. The summed E-state index contributed by atoms with van der Waals surface area (Å²) in [5.41, 5.74) is 7.15. The topological polar surface area (TPSA) is 37.0 Å². The molecular formula is C25H26ClN3. The Morgan fingerprint density at radius 2 is 1.90 bits per heavy atom. The predicted molar refractivity (Wildman–Crippen MR) is 127 cm³/mol. The third kappa shape index (κ3) is 5.07. The van der Waals surface area contributed by atoms with Gasteiger partial charge in [0, 0.05) is 39.4 Å². The summed E-state index contributed by atoms with van der Waals surface area (Å²) >= 11 is 6.11. The molecule has 0 saturated heterocycles. The van der Waals surface area contributed by atoms with Crippen LogP contribution < -0.4 is 10.6 Å². The van der Waals surface area contributed by atoms with Gasteiger partial charge >= 0.3 is 0 Å². The minimum Gasteiger partial charge on any atom is -0.355 e. The minimum absolute atomic E-state index is 0.683. The van der Waals surface area contributed by atoms with E-state index in [2.05, 4.69) is 66.4 Å². The second-order valence-corrected chi connectivity index (χ2v) is 7.29. The van der Waals surface area contributed by atoms with Gasteiger partial charge in [-0.15, -0.1) is 0 Å². The summed E-state index contributed by atoms with van der Waals surface area (Å²) in [6, 6.07) is 16.0. The van der Waals surface area contributed by atoms with Gasteiger partial charge in [0.2, 0.25) is 0 Å². The molecule has 0 spiro atoms. The normalized spacial score (nSPS) is 10.9. The summed E-state index contributed by atoms with van der Waals surface area (Å²) in [7, 11) is 0. The number of rotatable bonds is 7. The summed E-state index contributed by atoms with van der Waals surface area (Å²) in [4.78, 5) is 4.67. The number of benzene rings is 2. The Morgan fingerprint density at radius 1 is 1.14 bits per heavy atom. The van der Waals surface area contributed by atoms with Crippen LogP contribution in [0.1, 0.15) is 36.1 Å². The van der Waals surface area contributed by atoms with E-state index in [9.17, 15) is 0 Å². The van der Waals surface area contributed by atoms with E-state index in [0.29, 0.717) is 5.02 Å². The van der Waals surface area contributed by atoms with Crippen molar-refractivity contribution in [2.45, 2.75) is 27.2 Å².